The summed E-state index contributed by atoms with van der Waals surface area (Å²) in [4.78, 5) is 28.5. The molecule has 0 fully saturated rings. The van der Waals surface area contributed by atoms with Crippen LogP contribution in [0.3, 0.4) is 0 Å². The summed E-state index contributed by atoms with van der Waals surface area (Å²) in [6.07, 6.45) is -0.455. The summed E-state index contributed by atoms with van der Waals surface area (Å²) in [5.41, 5.74) is 3.63. The van der Waals surface area contributed by atoms with Crippen molar-refractivity contribution in [1.82, 2.24) is 0 Å². The van der Waals surface area contributed by atoms with Crippen LogP contribution >= 0.6 is 11.6 Å². The highest BCUT2D eigenvalue weighted by Gasteiger charge is 2.39. The highest BCUT2D eigenvalue weighted by molar-refractivity contribution is 6.30. The molecule has 2 atom stereocenters. The van der Waals surface area contributed by atoms with Crippen LogP contribution in [0.5, 0.6) is 17.2 Å². The summed E-state index contributed by atoms with van der Waals surface area (Å²) in [6.45, 7) is 8.04. The van der Waals surface area contributed by atoms with Crippen molar-refractivity contribution in [3.05, 3.63) is 94.5 Å². The number of benzene rings is 3. The summed E-state index contributed by atoms with van der Waals surface area (Å²) in [7, 11) is 3.13. The molecule has 4 rings (SSSR count). The lowest BCUT2D eigenvalue weighted by atomic mass is 9.95. The van der Waals surface area contributed by atoms with Crippen LogP contribution < -0.4 is 19.1 Å². The maximum Gasteiger partial charge on any atom is 0.308 e. The van der Waals surface area contributed by atoms with Gasteiger partial charge in [0.15, 0.2) is 0 Å². The lowest BCUT2D eigenvalue weighted by molar-refractivity contribution is -0.151. The van der Waals surface area contributed by atoms with E-state index in [2.05, 4.69) is 6.58 Å². The zero-order valence-electron chi connectivity index (χ0n) is 23.6. The van der Waals surface area contributed by atoms with Crippen LogP contribution in [0.2, 0.25) is 5.02 Å². The Balaban J connectivity index is 1.87. The van der Waals surface area contributed by atoms with Gasteiger partial charge in [0.25, 0.3) is 5.91 Å². The first kappa shape index (κ1) is 30.0. The number of hydrogen-bond acceptors (Lipinski definition) is 7. The summed E-state index contributed by atoms with van der Waals surface area (Å²) in [6, 6.07) is 16.4. The molecule has 1 amide bonds. The standard InChI is InChI=1S/C32H34ClNO7/c1-6-15-40-27-10-8-9-24(20(27)3)31-25-16-22(33)12-14-26(25)34(32(36)29(41-31)18-30(35)39-7-2)19-21-11-13-23(37-4)17-28(21)38-5/h6,8-14,16-17,29,31H,1,7,15,18-19H2,2-5H3/t29-,31-/m1/s1. The van der Waals surface area contributed by atoms with Gasteiger partial charge in [0.2, 0.25) is 0 Å². The van der Waals surface area contributed by atoms with E-state index in [0.717, 1.165) is 16.7 Å². The summed E-state index contributed by atoms with van der Waals surface area (Å²) in [5, 5.41) is 0.479. The van der Waals surface area contributed by atoms with Crippen molar-refractivity contribution >= 4 is 29.2 Å². The highest BCUT2D eigenvalue weighted by Crippen LogP contribution is 2.43. The third-order valence-corrected chi connectivity index (χ3v) is 7.08. The van der Waals surface area contributed by atoms with Gasteiger partial charge >= 0.3 is 5.97 Å². The maximum atomic E-state index is 14.2. The minimum atomic E-state index is -1.13. The van der Waals surface area contributed by atoms with E-state index in [1.807, 2.05) is 31.2 Å². The number of carbonyl (C=O) groups is 2. The van der Waals surface area contributed by atoms with E-state index in [-0.39, 0.29) is 19.6 Å². The molecule has 0 unspecified atom stereocenters. The van der Waals surface area contributed by atoms with Gasteiger partial charge in [-0.15, -0.1) is 0 Å². The lowest BCUT2D eigenvalue weighted by Crippen LogP contribution is -2.40. The molecule has 0 saturated carbocycles. The smallest absolute Gasteiger partial charge is 0.308 e. The van der Waals surface area contributed by atoms with Crippen LogP contribution in [0.15, 0.2) is 67.3 Å². The van der Waals surface area contributed by atoms with Crippen molar-refractivity contribution in [2.45, 2.75) is 39.0 Å². The number of nitrogens with zero attached hydrogens (tertiary/aromatic N) is 1. The number of ether oxygens (including phenoxy) is 5. The van der Waals surface area contributed by atoms with Crippen LogP contribution in [0, 0.1) is 6.92 Å². The first-order valence-electron chi connectivity index (χ1n) is 13.3. The van der Waals surface area contributed by atoms with Gasteiger partial charge in [0.1, 0.15) is 36.1 Å². The average molecular weight is 580 g/mol. The fraction of sp³-hybridized carbons (Fsp3) is 0.312. The van der Waals surface area contributed by atoms with Crippen molar-refractivity contribution in [3.8, 4) is 17.2 Å². The Bertz CT molecular complexity index is 1420. The molecule has 41 heavy (non-hydrogen) atoms. The Morgan fingerprint density at radius 1 is 1.07 bits per heavy atom. The van der Waals surface area contributed by atoms with E-state index >= 15 is 0 Å². The monoisotopic (exact) mass is 579 g/mol. The van der Waals surface area contributed by atoms with Crippen LogP contribution in [0.1, 0.15) is 41.7 Å². The topological polar surface area (TPSA) is 83.5 Å². The minimum Gasteiger partial charge on any atom is -0.497 e. The second kappa shape index (κ2) is 13.6. The SMILES string of the molecule is C=CCOc1cccc([C@H]2O[C@H](CC(=O)OCC)C(=O)N(Cc3ccc(OC)cc3OC)c3ccc(Cl)cc32)c1C. The van der Waals surface area contributed by atoms with E-state index in [1.54, 1.807) is 62.5 Å². The van der Waals surface area contributed by atoms with Gasteiger partial charge in [-0.05, 0) is 61.4 Å². The maximum absolute atomic E-state index is 14.2. The minimum absolute atomic E-state index is 0.150. The van der Waals surface area contributed by atoms with E-state index in [9.17, 15) is 9.59 Å². The van der Waals surface area contributed by atoms with Gasteiger partial charge in [-0.1, -0.05) is 36.4 Å². The molecule has 3 aromatic rings. The van der Waals surface area contributed by atoms with Crippen molar-refractivity contribution in [1.29, 1.82) is 0 Å². The van der Waals surface area contributed by atoms with Gasteiger partial charge in [0.05, 0.1) is 39.5 Å². The normalized spacial score (nSPS) is 16.4. The molecule has 216 valence electrons. The molecule has 0 spiro atoms. The summed E-state index contributed by atoms with van der Waals surface area (Å²) in [5.74, 6) is 0.915. The second-order valence-electron chi connectivity index (χ2n) is 9.39. The number of methoxy groups -OCH3 is 2. The van der Waals surface area contributed by atoms with E-state index < -0.39 is 24.1 Å². The molecule has 0 aromatic heterocycles. The predicted octanol–water partition coefficient (Wildman–Crippen LogP) is 6.21. The number of carbonyl (C=O) groups excluding carboxylic acids is 2. The molecule has 0 saturated heterocycles. The second-order valence-corrected chi connectivity index (χ2v) is 9.83. The molecule has 1 aliphatic rings. The highest BCUT2D eigenvalue weighted by atomic mass is 35.5. The molecule has 0 bridgehead atoms. The van der Waals surface area contributed by atoms with E-state index in [0.29, 0.717) is 40.1 Å². The van der Waals surface area contributed by atoms with Crippen molar-refractivity contribution in [2.24, 2.45) is 0 Å². The van der Waals surface area contributed by atoms with Crippen LogP contribution in [0.25, 0.3) is 0 Å². The number of rotatable bonds is 11. The van der Waals surface area contributed by atoms with Gasteiger partial charge in [-0.2, -0.15) is 0 Å². The third kappa shape index (κ3) is 6.66. The van der Waals surface area contributed by atoms with Crippen LogP contribution in [-0.4, -0.2) is 45.4 Å². The largest absolute Gasteiger partial charge is 0.497 e. The van der Waals surface area contributed by atoms with Crippen molar-refractivity contribution in [2.75, 3.05) is 32.3 Å². The molecule has 0 aliphatic carbocycles. The third-order valence-electron chi connectivity index (χ3n) is 6.85. The molecule has 3 aromatic carbocycles. The zero-order chi connectivity index (χ0) is 29.5. The Morgan fingerprint density at radius 3 is 2.59 bits per heavy atom. The first-order chi connectivity index (χ1) is 19.8. The molecule has 9 heteroatoms. The average Bonchev–Trinajstić information content (AvgIpc) is 3.07. The summed E-state index contributed by atoms with van der Waals surface area (Å²) >= 11 is 6.51. The number of anilines is 1. The number of esters is 1. The van der Waals surface area contributed by atoms with Crippen molar-refractivity contribution < 1.29 is 33.3 Å². The molecule has 8 nitrogen and oxygen atoms in total. The Labute approximate surface area is 245 Å². The number of amides is 1. The molecule has 0 radical (unpaired) electrons. The lowest BCUT2D eigenvalue weighted by Gasteiger charge is -2.26. The van der Waals surface area contributed by atoms with Crippen LogP contribution in [-0.2, 0) is 25.6 Å². The summed E-state index contributed by atoms with van der Waals surface area (Å²) < 4.78 is 28.6. The molecule has 1 heterocycles. The number of hydrogen-bond donors (Lipinski definition) is 0. The predicted molar refractivity (Wildman–Crippen MR) is 157 cm³/mol. The number of fused-ring (bicyclic) bond motifs is 1. The van der Waals surface area contributed by atoms with E-state index in [1.165, 1.54) is 0 Å². The molecule has 1 aliphatic heterocycles. The van der Waals surface area contributed by atoms with E-state index in [4.69, 9.17) is 35.3 Å². The molecule has 0 N–H and O–H groups in total. The first-order valence-corrected chi connectivity index (χ1v) is 13.6. The number of halogens is 1. The molecular formula is C32H34ClNO7. The quantitative estimate of drug-likeness (QED) is 0.197. The van der Waals surface area contributed by atoms with Gasteiger partial charge in [-0.3, -0.25) is 9.59 Å². The van der Waals surface area contributed by atoms with Crippen molar-refractivity contribution in [3.63, 3.8) is 0 Å². The molecular weight excluding hydrogens is 546 g/mol. The van der Waals surface area contributed by atoms with Gasteiger partial charge < -0.3 is 28.6 Å². The van der Waals surface area contributed by atoms with Gasteiger partial charge in [-0.25, -0.2) is 0 Å². The van der Waals surface area contributed by atoms with Gasteiger partial charge in [0, 0.05) is 22.2 Å². The Morgan fingerprint density at radius 2 is 1.88 bits per heavy atom. The fourth-order valence-corrected chi connectivity index (χ4v) is 5.03. The van der Waals surface area contributed by atoms with Crippen LogP contribution in [0.4, 0.5) is 5.69 Å². The Kier molecular flexibility index (Phi) is 9.91. The zero-order valence-corrected chi connectivity index (χ0v) is 24.4. The fourth-order valence-electron chi connectivity index (χ4n) is 4.85. The Hall–Kier alpha value is -4.01.